The standard InChI is InChI=1S/C39H36N2O5/c1-45-39(44)35(40-34-16-8-7-15-33(34)37(42)29-11-3-2-4-12-29)26-27-18-22-31(23-19-27)46-25-24-41(38(43)30-20-21-30)36-17-9-13-28-10-5-6-14-32(28)36/h2-19,22-23,30,35,40H,20-21,24-26H2,1H3/t35-/m0/s1. The van der Waals surface area contributed by atoms with E-state index in [1.807, 2.05) is 83.8 Å². The third-order valence-corrected chi connectivity index (χ3v) is 8.22. The van der Waals surface area contributed by atoms with Gasteiger partial charge in [0.25, 0.3) is 0 Å². The number of hydrogen-bond donors (Lipinski definition) is 1. The summed E-state index contributed by atoms with van der Waals surface area (Å²) >= 11 is 0. The lowest BCUT2D eigenvalue weighted by atomic mass is 10.00. The second-order valence-electron chi connectivity index (χ2n) is 11.4. The molecule has 7 nitrogen and oxygen atoms in total. The van der Waals surface area contributed by atoms with Crippen molar-refractivity contribution < 1.29 is 23.9 Å². The van der Waals surface area contributed by atoms with Crippen LogP contribution in [0.1, 0.15) is 34.3 Å². The van der Waals surface area contributed by atoms with Gasteiger partial charge in [0.2, 0.25) is 5.91 Å². The molecule has 0 aliphatic heterocycles. The number of para-hydroxylation sites is 1. The molecule has 0 radical (unpaired) electrons. The second kappa shape index (κ2) is 14.1. The Morgan fingerprint density at radius 3 is 2.26 bits per heavy atom. The van der Waals surface area contributed by atoms with Crippen LogP contribution in [0.3, 0.4) is 0 Å². The SMILES string of the molecule is COC(=O)[C@H](Cc1ccc(OCCN(C(=O)C2CC2)c2cccc3ccccc23)cc1)Nc1ccccc1C(=O)c1ccccc1. The summed E-state index contributed by atoms with van der Waals surface area (Å²) < 4.78 is 11.2. The first-order valence-corrected chi connectivity index (χ1v) is 15.6. The Bertz CT molecular complexity index is 1830. The Balaban J connectivity index is 1.12. The number of nitrogens with zero attached hydrogens (tertiary/aromatic N) is 1. The predicted molar refractivity (Wildman–Crippen MR) is 180 cm³/mol. The van der Waals surface area contributed by atoms with E-state index in [-0.39, 0.29) is 17.6 Å². The molecule has 5 aromatic carbocycles. The zero-order chi connectivity index (χ0) is 31.9. The topological polar surface area (TPSA) is 84.9 Å². The minimum absolute atomic E-state index is 0.0815. The van der Waals surface area contributed by atoms with Crippen LogP contribution < -0.4 is 15.0 Å². The van der Waals surface area contributed by atoms with Gasteiger partial charge in [-0.25, -0.2) is 4.79 Å². The van der Waals surface area contributed by atoms with Gasteiger partial charge in [0.05, 0.1) is 19.3 Å². The molecule has 0 unspecified atom stereocenters. The van der Waals surface area contributed by atoms with Gasteiger partial charge >= 0.3 is 5.97 Å². The van der Waals surface area contributed by atoms with Crippen LogP contribution >= 0.6 is 0 Å². The molecule has 0 saturated heterocycles. The van der Waals surface area contributed by atoms with Crippen LogP contribution in [0.25, 0.3) is 10.8 Å². The van der Waals surface area contributed by atoms with Crippen molar-refractivity contribution in [3.63, 3.8) is 0 Å². The number of hydrogen-bond acceptors (Lipinski definition) is 6. The molecule has 1 atom stereocenters. The molecule has 0 heterocycles. The first-order valence-electron chi connectivity index (χ1n) is 15.6. The molecule has 7 heteroatoms. The van der Waals surface area contributed by atoms with Crippen molar-refractivity contribution in [1.29, 1.82) is 0 Å². The molecule has 5 aromatic rings. The Hall–Kier alpha value is -5.43. The van der Waals surface area contributed by atoms with Crippen LogP contribution in [0, 0.1) is 5.92 Å². The zero-order valence-electron chi connectivity index (χ0n) is 25.7. The quantitative estimate of drug-likeness (QED) is 0.113. The van der Waals surface area contributed by atoms with Crippen LogP contribution in [0.2, 0.25) is 0 Å². The average molecular weight is 613 g/mol. The molecule has 46 heavy (non-hydrogen) atoms. The summed E-state index contributed by atoms with van der Waals surface area (Å²) in [6, 6.07) is 37.2. The first kappa shape index (κ1) is 30.6. The van der Waals surface area contributed by atoms with Crippen molar-refractivity contribution in [3.05, 3.63) is 138 Å². The molecule has 0 aromatic heterocycles. The van der Waals surface area contributed by atoms with Crippen molar-refractivity contribution in [2.24, 2.45) is 5.92 Å². The van der Waals surface area contributed by atoms with Gasteiger partial charge in [-0.15, -0.1) is 0 Å². The lowest BCUT2D eigenvalue weighted by molar-refractivity contribution is -0.141. The maximum absolute atomic E-state index is 13.3. The summed E-state index contributed by atoms with van der Waals surface area (Å²) in [5, 5.41) is 5.39. The van der Waals surface area contributed by atoms with E-state index >= 15 is 0 Å². The summed E-state index contributed by atoms with van der Waals surface area (Å²) in [6.45, 7) is 0.764. The van der Waals surface area contributed by atoms with Gasteiger partial charge in [-0.05, 0) is 54.1 Å². The van der Waals surface area contributed by atoms with Gasteiger partial charge in [0.1, 0.15) is 18.4 Å². The van der Waals surface area contributed by atoms with Gasteiger partial charge < -0.3 is 19.7 Å². The zero-order valence-corrected chi connectivity index (χ0v) is 25.7. The molecule has 1 aliphatic carbocycles. The number of ether oxygens (including phenoxy) is 2. The smallest absolute Gasteiger partial charge is 0.328 e. The number of esters is 1. The normalized spacial score (nSPS) is 13.1. The highest BCUT2D eigenvalue weighted by molar-refractivity contribution is 6.12. The highest BCUT2D eigenvalue weighted by atomic mass is 16.5. The molecule has 232 valence electrons. The van der Waals surface area contributed by atoms with Gasteiger partial charge in [-0.3, -0.25) is 9.59 Å². The van der Waals surface area contributed by atoms with Crippen molar-refractivity contribution >= 4 is 39.8 Å². The molecular weight excluding hydrogens is 576 g/mol. The second-order valence-corrected chi connectivity index (χ2v) is 11.4. The maximum atomic E-state index is 13.3. The number of benzene rings is 5. The molecule has 1 aliphatic rings. The van der Waals surface area contributed by atoms with Gasteiger partial charge in [0, 0.05) is 34.5 Å². The molecule has 6 rings (SSSR count). The third kappa shape index (κ3) is 7.10. The number of nitrogens with one attached hydrogen (secondary N) is 1. The number of ketones is 1. The minimum Gasteiger partial charge on any atom is -0.492 e. The Morgan fingerprint density at radius 1 is 0.804 bits per heavy atom. The van der Waals surface area contributed by atoms with Gasteiger partial charge in [-0.2, -0.15) is 0 Å². The van der Waals surface area contributed by atoms with E-state index in [1.165, 1.54) is 7.11 Å². The molecule has 1 amide bonds. The van der Waals surface area contributed by atoms with E-state index in [4.69, 9.17) is 9.47 Å². The monoisotopic (exact) mass is 612 g/mol. The van der Waals surface area contributed by atoms with Crippen LogP contribution in [0.4, 0.5) is 11.4 Å². The van der Waals surface area contributed by atoms with Crippen molar-refractivity contribution in [1.82, 2.24) is 0 Å². The summed E-state index contributed by atoms with van der Waals surface area (Å²) in [5.74, 6) is 0.325. The van der Waals surface area contributed by atoms with Crippen LogP contribution in [-0.2, 0) is 20.7 Å². The average Bonchev–Trinajstić information content (AvgIpc) is 3.96. The lowest BCUT2D eigenvalue weighted by Crippen LogP contribution is -2.36. The number of carbonyl (C=O) groups is 3. The molecule has 1 N–H and O–H groups in total. The Morgan fingerprint density at radius 2 is 1.50 bits per heavy atom. The van der Waals surface area contributed by atoms with E-state index in [0.29, 0.717) is 42.1 Å². The van der Waals surface area contributed by atoms with Crippen LogP contribution in [0.15, 0.2) is 121 Å². The van der Waals surface area contributed by atoms with Crippen LogP contribution in [0.5, 0.6) is 5.75 Å². The molecule has 0 spiro atoms. The predicted octanol–water partition coefficient (Wildman–Crippen LogP) is 7.09. The summed E-state index contributed by atoms with van der Waals surface area (Å²) in [6.07, 6.45) is 2.20. The Labute approximate surface area is 268 Å². The van der Waals surface area contributed by atoms with E-state index in [2.05, 4.69) is 17.4 Å². The van der Waals surface area contributed by atoms with Crippen molar-refractivity contribution in [2.75, 3.05) is 30.5 Å². The van der Waals surface area contributed by atoms with E-state index in [1.54, 1.807) is 30.3 Å². The molecular formula is C39H36N2O5. The summed E-state index contributed by atoms with van der Waals surface area (Å²) in [7, 11) is 1.35. The fourth-order valence-electron chi connectivity index (χ4n) is 5.63. The fraction of sp³-hybridized carbons (Fsp3) is 0.205. The number of rotatable bonds is 13. The maximum Gasteiger partial charge on any atom is 0.328 e. The first-order chi connectivity index (χ1) is 22.5. The lowest BCUT2D eigenvalue weighted by Gasteiger charge is -2.24. The number of methoxy groups -OCH3 is 1. The van der Waals surface area contributed by atoms with E-state index in [0.717, 1.165) is 34.9 Å². The minimum atomic E-state index is -0.718. The number of carbonyl (C=O) groups excluding carboxylic acids is 3. The highest BCUT2D eigenvalue weighted by Gasteiger charge is 2.34. The Kier molecular flexibility index (Phi) is 9.39. The van der Waals surface area contributed by atoms with E-state index < -0.39 is 12.0 Å². The largest absolute Gasteiger partial charge is 0.492 e. The van der Waals surface area contributed by atoms with E-state index in [9.17, 15) is 14.4 Å². The summed E-state index contributed by atoms with van der Waals surface area (Å²) in [4.78, 5) is 41.2. The molecule has 0 bridgehead atoms. The number of fused-ring (bicyclic) bond motifs is 1. The van der Waals surface area contributed by atoms with Crippen molar-refractivity contribution in [2.45, 2.75) is 25.3 Å². The van der Waals surface area contributed by atoms with Crippen LogP contribution in [-0.4, -0.2) is 44.0 Å². The fourth-order valence-corrected chi connectivity index (χ4v) is 5.63. The third-order valence-electron chi connectivity index (χ3n) is 8.22. The summed E-state index contributed by atoms with van der Waals surface area (Å²) in [5.41, 5.74) is 3.40. The molecule has 1 saturated carbocycles. The van der Waals surface area contributed by atoms with Crippen molar-refractivity contribution in [3.8, 4) is 5.75 Å². The van der Waals surface area contributed by atoms with Gasteiger partial charge in [-0.1, -0.05) is 91.0 Å². The number of amides is 1. The number of anilines is 2. The van der Waals surface area contributed by atoms with Gasteiger partial charge in [0.15, 0.2) is 5.78 Å². The highest BCUT2D eigenvalue weighted by Crippen LogP contribution is 2.35. The molecule has 1 fully saturated rings.